The molecule has 0 saturated carbocycles. The fourth-order valence-corrected chi connectivity index (χ4v) is 9.57. The molecule has 8 aromatic carbocycles. The van der Waals surface area contributed by atoms with E-state index in [4.69, 9.17) is 6.57 Å². The van der Waals surface area contributed by atoms with Gasteiger partial charge in [0.05, 0.1) is 29.8 Å². The molecule has 9 nitrogen and oxygen atoms in total. The van der Waals surface area contributed by atoms with Gasteiger partial charge >= 0.3 is 68.0 Å². The van der Waals surface area contributed by atoms with Crippen LogP contribution in [-0.4, -0.2) is 18.0 Å². The van der Waals surface area contributed by atoms with E-state index in [1.54, 1.807) is 78.9 Å². The molecule has 8 aromatic rings. The van der Waals surface area contributed by atoms with Gasteiger partial charge in [0, 0.05) is 47.1 Å². The van der Waals surface area contributed by atoms with Gasteiger partial charge in [0.1, 0.15) is 28.1 Å². The minimum atomic E-state index is -4.64. The number of para-hydroxylation sites is 2. The predicted octanol–water partition coefficient (Wildman–Crippen LogP) is 19.1. The monoisotopic (exact) mass is 1370 g/mol. The fraction of sp³-hybridized carbons (Fsp3) is 0.217. The summed E-state index contributed by atoms with van der Waals surface area (Å²) in [6.45, 7) is 25.6. The van der Waals surface area contributed by atoms with Crippen molar-refractivity contribution in [2.24, 2.45) is 4.99 Å². The van der Waals surface area contributed by atoms with Crippen molar-refractivity contribution in [3.8, 4) is 12.1 Å². The number of hydrogen-bond donors (Lipinski definition) is 0. The van der Waals surface area contributed by atoms with Crippen molar-refractivity contribution in [1.82, 2.24) is 22.9 Å². The molecule has 3 aliphatic heterocycles. The Morgan fingerprint density at radius 2 is 0.818 bits per heavy atom. The van der Waals surface area contributed by atoms with Crippen molar-refractivity contribution < 1.29 is 59.6 Å². The first-order chi connectivity index (χ1) is 40.8. The van der Waals surface area contributed by atoms with Crippen molar-refractivity contribution in [2.45, 2.75) is 97.1 Å². The topological polar surface area (TPSA) is 79.4 Å². The van der Waals surface area contributed by atoms with E-state index >= 15 is 0 Å². The number of benzene rings is 8. The minimum absolute atomic E-state index is 0. The van der Waals surface area contributed by atoms with Gasteiger partial charge in [-0.05, 0) is 49.7 Å². The zero-order valence-electron chi connectivity index (χ0n) is 48.7. The molecule has 0 spiro atoms. The van der Waals surface area contributed by atoms with Crippen molar-refractivity contribution in [1.29, 1.82) is 10.5 Å². The molecule has 11 rings (SSSR count). The van der Waals surface area contributed by atoms with Gasteiger partial charge in [-0.2, -0.15) is 91.0 Å². The smallest absolute Gasteiger partial charge is 0.238 e. The molecule has 0 radical (unpaired) electrons. The number of aliphatic imine (C=N–C) groups is 1. The Morgan fingerprint density at radius 3 is 1.15 bits per heavy atom. The van der Waals surface area contributed by atoms with Crippen molar-refractivity contribution in [3.63, 3.8) is 0 Å². The Kier molecular flexibility index (Phi) is 17.8. The van der Waals surface area contributed by atoms with Crippen LogP contribution in [0.3, 0.4) is 0 Å². The third kappa shape index (κ3) is 13.5. The van der Waals surface area contributed by atoms with Gasteiger partial charge in [0.15, 0.2) is 11.4 Å². The van der Waals surface area contributed by atoms with Crippen molar-refractivity contribution in [2.75, 3.05) is 0 Å². The number of hydrogen-bond acceptors (Lipinski definition) is 3. The molecule has 3 aliphatic rings. The first kappa shape index (κ1) is 64.4. The summed E-state index contributed by atoms with van der Waals surface area (Å²) in [5.41, 5.74) is 2.66. The summed E-state index contributed by atoms with van der Waals surface area (Å²) >= 11 is 0. The van der Waals surface area contributed by atoms with Gasteiger partial charge in [-0.25, -0.2) is 4.85 Å². The van der Waals surface area contributed by atoms with Gasteiger partial charge in [-0.3, -0.25) is 0 Å². The summed E-state index contributed by atoms with van der Waals surface area (Å²) in [4.78, 5) is 6.97. The average molecular weight is 1370 g/mol. The number of nitrogens with zero attached hydrogens (tertiary/aromatic N) is 9. The third-order valence-corrected chi connectivity index (χ3v) is 14.1. The molecular formula is C69H52F9IrN9+5. The fourth-order valence-electron chi connectivity index (χ4n) is 9.57. The summed E-state index contributed by atoms with van der Waals surface area (Å²) in [6.07, 6.45) is -13.9. The average Bonchev–Trinajstić information content (AvgIpc) is 1.91. The van der Waals surface area contributed by atoms with Gasteiger partial charge in [-0.15, -0.1) is 41.0 Å². The van der Waals surface area contributed by atoms with Crippen LogP contribution < -0.4 is 22.9 Å². The van der Waals surface area contributed by atoms with Crippen LogP contribution in [-0.2, 0) is 54.9 Å². The maximum Gasteiger partial charge on any atom is 3.00 e. The van der Waals surface area contributed by atoms with Crippen LogP contribution in [0.5, 0.6) is 0 Å². The van der Waals surface area contributed by atoms with Crippen molar-refractivity contribution in [3.05, 3.63) is 226 Å². The first-order valence-electron chi connectivity index (χ1n) is 26.9. The van der Waals surface area contributed by atoms with Crippen LogP contribution in [0.2, 0.25) is 0 Å². The second kappa shape index (κ2) is 24.3. The van der Waals surface area contributed by atoms with Crippen molar-refractivity contribution >= 4 is 86.3 Å². The maximum absolute atomic E-state index is 14.0. The summed E-state index contributed by atoms with van der Waals surface area (Å²) in [7, 11) is 0. The number of rotatable bonds is 5. The quantitative estimate of drug-likeness (QED) is 0.0978. The number of halogens is 9. The number of fused-ring (bicyclic) bond motifs is 3. The SMILES string of the molecule is CC(C)(C)c1cc[c-]c([N+]2=C=[N+](c3ccccc3)c3c2cc(C#N)cc3C(F)(F)F)c1.CC(C)(C)c1cc[c-]c([N+]2=C=[N+](c3ccccc3)c3c2cc(C#N)cc3C(F)(F)F)c1.[C-]#[N+]c1cc2c(c(C(F)(F)F)c1)N=C=[N+]2c1[c-]ccc(C(C)(C)C)c1.[Ir+3]. The Morgan fingerprint density at radius 1 is 0.455 bits per heavy atom. The zero-order chi connectivity index (χ0) is 63.2. The molecule has 0 aliphatic carbocycles. The molecule has 0 amide bonds. The van der Waals surface area contributed by atoms with Crippen LogP contribution >= 0.6 is 0 Å². The molecule has 19 heteroatoms. The molecule has 0 aromatic heterocycles. The molecule has 0 bridgehead atoms. The van der Waals surface area contributed by atoms with E-state index in [1.165, 1.54) is 41.1 Å². The molecule has 440 valence electrons. The van der Waals surface area contributed by atoms with Crippen LogP contribution in [0.4, 0.5) is 108 Å². The van der Waals surface area contributed by atoms with Crippen LogP contribution in [0.1, 0.15) is 107 Å². The molecule has 0 atom stereocenters. The maximum atomic E-state index is 14.0. The Hall–Kier alpha value is -9.61. The Balaban J connectivity index is 0.000000171. The molecule has 0 unspecified atom stereocenters. The summed E-state index contributed by atoms with van der Waals surface area (Å²) in [5, 5.41) is 18.7. The number of alkyl halides is 9. The van der Waals surface area contributed by atoms with Crippen LogP contribution in [0.15, 0.2) is 157 Å². The summed E-state index contributed by atoms with van der Waals surface area (Å²) in [5.74, 6) is 0. The normalized spacial score (nSPS) is 13.2. The largest absolute Gasteiger partial charge is 3.00 e. The second-order valence-corrected chi connectivity index (χ2v) is 23.4. The molecule has 88 heavy (non-hydrogen) atoms. The standard InChI is InChI=1S/2C25H19F3N3.C19H14F3N3.Ir/c2*1-24(2,3)18-8-7-11-20(14-18)30-16-31(19-9-5-4-6-10-19)23-21(25(26,27)28)12-17(15-29)13-22(23)30;1-18(2,3)12-6-5-7-14(8-12)25-11-24-17-15(19(20,21)22)9-13(23-4)10-16(17)25;/h2*4-10,12-14H,1-3H3;5-6,8-10H,1-3H3;/q2*+1;;+3. The molecule has 3 heterocycles. The molecule has 0 saturated heterocycles. The molecule has 0 fully saturated rings. The second-order valence-electron chi connectivity index (χ2n) is 23.4. The number of nitriles is 2. The summed E-state index contributed by atoms with van der Waals surface area (Å²) < 4.78 is 131. The van der Waals surface area contributed by atoms with E-state index in [-0.39, 0.29) is 87.3 Å². The van der Waals surface area contributed by atoms with E-state index in [9.17, 15) is 50.0 Å². The van der Waals surface area contributed by atoms with E-state index in [1.807, 2.05) is 69.3 Å². The molecular weight excluding hydrogens is 1320 g/mol. The van der Waals surface area contributed by atoms with Gasteiger partial charge < -0.3 is 0 Å². The predicted molar refractivity (Wildman–Crippen MR) is 319 cm³/mol. The summed E-state index contributed by atoms with van der Waals surface area (Å²) in [6, 6.07) is 62.6. The van der Waals surface area contributed by atoms with Gasteiger partial charge in [0.25, 0.3) is 11.4 Å². The van der Waals surface area contributed by atoms with Gasteiger partial charge in [0.2, 0.25) is 17.1 Å². The van der Waals surface area contributed by atoms with Crippen LogP contribution in [0.25, 0.3) is 4.85 Å². The zero-order valence-corrected chi connectivity index (χ0v) is 51.1. The van der Waals surface area contributed by atoms with E-state index in [2.05, 4.69) is 87.6 Å². The van der Waals surface area contributed by atoms with Crippen LogP contribution in [0, 0.1) is 47.4 Å². The van der Waals surface area contributed by atoms with E-state index in [0.29, 0.717) is 28.4 Å². The molecule has 0 N–H and O–H groups in total. The Bertz CT molecular complexity index is 4240. The van der Waals surface area contributed by atoms with E-state index < -0.39 is 35.2 Å². The minimum Gasteiger partial charge on any atom is -0.238 e. The Labute approximate surface area is 516 Å². The van der Waals surface area contributed by atoms with E-state index in [0.717, 1.165) is 34.9 Å². The third-order valence-electron chi connectivity index (χ3n) is 14.1. The first-order valence-corrected chi connectivity index (χ1v) is 26.9. The van der Waals surface area contributed by atoms with Gasteiger partial charge in [-0.1, -0.05) is 120 Å².